The van der Waals surface area contributed by atoms with Crippen LogP contribution < -0.4 is 0 Å². The molecule has 51 heavy (non-hydrogen) atoms. The molecule has 2 N–H and O–H groups in total. The van der Waals surface area contributed by atoms with Crippen molar-refractivity contribution in [3.05, 3.63) is 60.4 Å². The van der Waals surface area contributed by atoms with E-state index in [0.29, 0.717) is 30.3 Å². The molecule has 12 heteroatoms. The van der Waals surface area contributed by atoms with Crippen LogP contribution in [0, 0.1) is 18.3 Å². The van der Waals surface area contributed by atoms with E-state index in [1.54, 1.807) is 17.3 Å². The first-order valence-electron chi connectivity index (χ1n) is 17.6. The molecule has 1 saturated carbocycles. The fraction of sp³-hybridized carbons (Fsp3) is 0.436. The summed E-state index contributed by atoms with van der Waals surface area (Å²) in [5.74, 6) is 4.66. The fourth-order valence-corrected chi connectivity index (χ4v) is 7.41. The number of piperidine rings is 1. The van der Waals surface area contributed by atoms with Gasteiger partial charge in [0.25, 0.3) is 0 Å². The van der Waals surface area contributed by atoms with E-state index >= 15 is 0 Å². The average molecular weight is 687 g/mol. The molecule has 1 aliphatic carbocycles. The van der Waals surface area contributed by atoms with Gasteiger partial charge in [0, 0.05) is 6.04 Å². The zero-order valence-corrected chi connectivity index (χ0v) is 29.7. The lowest BCUT2D eigenvalue weighted by molar-refractivity contribution is 0.0166. The molecule has 3 aromatic heterocycles. The Morgan fingerprint density at radius 2 is 1.49 bits per heavy atom. The summed E-state index contributed by atoms with van der Waals surface area (Å²) in [6.07, 6.45) is 11.8. The molecule has 5 atom stereocenters. The third kappa shape index (κ3) is 6.26. The molecule has 0 spiro atoms. The molecular formula is C39H42N8O4. The Morgan fingerprint density at radius 1 is 0.784 bits per heavy atom. The van der Waals surface area contributed by atoms with Gasteiger partial charge in [-0.15, -0.1) is 6.42 Å². The maximum absolute atomic E-state index is 13.2. The monoisotopic (exact) mass is 686 g/mol. The van der Waals surface area contributed by atoms with Crippen molar-refractivity contribution in [1.29, 1.82) is 0 Å². The van der Waals surface area contributed by atoms with Gasteiger partial charge in [0.1, 0.15) is 28.5 Å². The van der Waals surface area contributed by atoms with Gasteiger partial charge < -0.3 is 19.4 Å². The van der Waals surface area contributed by atoms with Crippen LogP contribution >= 0.6 is 0 Å². The number of H-pyrrole nitrogens is 2. The summed E-state index contributed by atoms with van der Waals surface area (Å²) in [4.78, 5) is 55.7. The third-order valence-corrected chi connectivity index (χ3v) is 9.77. The summed E-state index contributed by atoms with van der Waals surface area (Å²) >= 11 is 0. The number of aromatic amines is 2. The summed E-state index contributed by atoms with van der Waals surface area (Å²) < 4.78 is 11.4. The highest BCUT2D eigenvalue weighted by molar-refractivity contribution is 5.87. The second-order valence-corrected chi connectivity index (χ2v) is 15.9. The van der Waals surface area contributed by atoms with Crippen molar-refractivity contribution in [3.63, 3.8) is 0 Å². The highest BCUT2D eigenvalue weighted by atomic mass is 16.6. The van der Waals surface area contributed by atoms with Crippen LogP contribution in [0.4, 0.5) is 9.59 Å². The molecule has 2 aliphatic heterocycles. The lowest BCUT2D eigenvalue weighted by Gasteiger charge is -2.30. The van der Waals surface area contributed by atoms with Crippen LogP contribution in [0.1, 0.15) is 91.0 Å². The molecule has 5 heterocycles. The first-order valence-corrected chi connectivity index (χ1v) is 17.6. The van der Waals surface area contributed by atoms with E-state index in [1.807, 2.05) is 76.8 Å². The van der Waals surface area contributed by atoms with Crippen molar-refractivity contribution >= 4 is 34.3 Å². The van der Waals surface area contributed by atoms with E-state index < -0.39 is 17.3 Å². The molecule has 5 aromatic rings. The minimum absolute atomic E-state index is 0.154. The second-order valence-electron chi connectivity index (χ2n) is 15.9. The molecule has 8 rings (SSSR count). The van der Waals surface area contributed by atoms with E-state index in [9.17, 15) is 9.59 Å². The quantitative estimate of drug-likeness (QED) is 0.183. The number of imidazole rings is 2. The van der Waals surface area contributed by atoms with Crippen molar-refractivity contribution in [2.75, 3.05) is 0 Å². The Hall–Kier alpha value is -5.44. The van der Waals surface area contributed by atoms with Crippen LogP contribution in [0.25, 0.3) is 44.6 Å². The number of fused-ring (bicyclic) bond motifs is 3. The predicted octanol–water partition coefficient (Wildman–Crippen LogP) is 7.71. The van der Waals surface area contributed by atoms with Gasteiger partial charge >= 0.3 is 12.2 Å². The van der Waals surface area contributed by atoms with Gasteiger partial charge in [0.05, 0.1) is 58.3 Å². The molecule has 12 nitrogen and oxygen atoms in total. The smallest absolute Gasteiger partial charge is 0.411 e. The second kappa shape index (κ2) is 11.8. The van der Waals surface area contributed by atoms with Gasteiger partial charge in [-0.3, -0.25) is 14.8 Å². The summed E-state index contributed by atoms with van der Waals surface area (Å²) in [6, 6.07) is 11.5. The zero-order chi connectivity index (χ0) is 35.8. The lowest BCUT2D eigenvalue weighted by Crippen LogP contribution is -2.40. The summed E-state index contributed by atoms with van der Waals surface area (Å²) in [7, 11) is 0. The third-order valence-electron chi connectivity index (χ3n) is 9.77. The van der Waals surface area contributed by atoms with Gasteiger partial charge in [-0.1, -0.05) is 18.1 Å². The summed E-state index contributed by atoms with van der Waals surface area (Å²) in [5.41, 5.74) is 5.36. The standard InChI is InChI=1S/C39H42N8O4/c1-8-24-11-14-31(46(24)36(48)50-38(2,3)4)35-43-26-13-10-22(16-28(26)44-35)21-9-12-25-27(15-21)40-19-29(42-25)30-20-41-34(45-30)33-18-23-17-32(23)47(33)37(49)51-39(5,6)7/h1,9-10,12-13,15-16,19-20,23-24,31-33H,11,14,17-18H2,2-7H3,(H,41,45)(H,43,44)/t23?,24-,31+,32-,33+/m1/s1. The number of carbonyl (C=O) groups is 2. The van der Waals surface area contributed by atoms with Gasteiger partial charge in [-0.05, 0) is 109 Å². The van der Waals surface area contributed by atoms with Crippen molar-refractivity contribution in [2.45, 2.75) is 103 Å². The van der Waals surface area contributed by atoms with Crippen molar-refractivity contribution < 1.29 is 19.1 Å². The number of nitrogens with zero attached hydrogens (tertiary/aromatic N) is 6. The number of rotatable bonds is 4. The average Bonchev–Trinajstić information content (AvgIpc) is 3.54. The van der Waals surface area contributed by atoms with Crippen molar-refractivity contribution in [3.8, 4) is 34.9 Å². The first-order chi connectivity index (χ1) is 24.2. The number of amides is 2. The van der Waals surface area contributed by atoms with E-state index in [-0.39, 0.29) is 30.3 Å². The van der Waals surface area contributed by atoms with E-state index in [1.165, 1.54) is 0 Å². The minimum Gasteiger partial charge on any atom is -0.444 e. The Bertz CT molecular complexity index is 2220. The molecule has 262 valence electrons. The summed E-state index contributed by atoms with van der Waals surface area (Å²) in [5, 5.41) is 0. The highest BCUT2D eigenvalue weighted by Crippen LogP contribution is 2.53. The molecule has 2 amide bonds. The molecule has 0 bridgehead atoms. The molecule has 2 saturated heterocycles. The molecular weight excluding hydrogens is 644 g/mol. The molecule has 1 unspecified atom stereocenters. The van der Waals surface area contributed by atoms with Crippen LogP contribution in [0.2, 0.25) is 0 Å². The number of benzene rings is 2. The number of hydrogen-bond acceptors (Lipinski definition) is 8. The number of carbonyl (C=O) groups excluding carboxylic acids is 2. The van der Waals surface area contributed by atoms with E-state index in [2.05, 4.69) is 26.9 Å². The maximum atomic E-state index is 13.2. The number of nitrogens with one attached hydrogen (secondary N) is 2. The van der Waals surface area contributed by atoms with Gasteiger partial charge in [-0.25, -0.2) is 24.5 Å². The summed E-state index contributed by atoms with van der Waals surface area (Å²) in [6.45, 7) is 11.2. The van der Waals surface area contributed by atoms with E-state index in [0.717, 1.165) is 57.6 Å². The Labute approximate surface area is 296 Å². The highest BCUT2D eigenvalue weighted by Gasteiger charge is 2.56. The Kier molecular flexibility index (Phi) is 7.59. The molecule has 3 fully saturated rings. The van der Waals surface area contributed by atoms with Gasteiger partial charge in [0.2, 0.25) is 0 Å². The number of terminal acetylenes is 1. The molecule has 2 aromatic carbocycles. The van der Waals surface area contributed by atoms with Gasteiger partial charge in [0.15, 0.2) is 0 Å². The van der Waals surface area contributed by atoms with Gasteiger partial charge in [-0.2, -0.15) is 0 Å². The van der Waals surface area contributed by atoms with Crippen LogP contribution in [0.15, 0.2) is 48.8 Å². The molecule has 3 aliphatic rings. The topological polar surface area (TPSA) is 142 Å². The van der Waals surface area contributed by atoms with Crippen LogP contribution in [0.3, 0.4) is 0 Å². The Morgan fingerprint density at radius 3 is 2.22 bits per heavy atom. The molecule has 0 radical (unpaired) electrons. The van der Waals surface area contributed by atoms with Crippen molar-refractivity contribution in [1.82, 2.24) is 39.7 Å². The number of hydrogen-bond donors (Lipinski definition) is 2. The lowest BCUT2D eigenvalue weighted by atomic mass is 10.0. The Balaban J connectivity index is 1.01. The normalized spacial score (nSPS) is 23.0. The van der Waals surface area contributed by atoms with E-state index in [4.69, 9.17) is 30.8 Å². The van der Waals surface area contributed by atoms with Crippen LogP contribution in [0.5, 0.6) is 0 Å². The van der Waals surface area contributed by atoms with Crippen LogP contribution in [-0.4, -0.2) is 75.2 Å². The predicted molar refractivity (Wildman–Crippen MR) is 192 cm³/mol. The largest absolute Gasteiger partial charge is 0.444 e. The number of ether oxygens (including phenoxy) is 2. The van der Waals surface area contributed by atoms with Crippen LogP contribution in [-0.2, 0) is 9.47 Å². The zero-order valence-electron chi connectivity index (χ0n) is 29.7. The first kappa shape index (κ1) is 32.7. The minimum atomic E-state index is -0.636. The SMILES string of the molecule is C#C[C@@H]1CC[C@@H](c2nc3ccc(-c4ccc5nc(-c6cnc([C@@H]7CC8C[C@H]8N7C(=O)OC(C)(C)C)[nH]6)cnc5c4)cc3[nH]2)N1C(=O)OC(C)(C)C. The fourth-order valence-electron chi connectivity index (χ4n) is 7.41. The van der Waals surface area contributed by atoms with Crippen molar-refractivity contribution in [2.24, 2.45) is 5.92 Å². The number of likely N-dealkylation sites (tertiary alicyclic amines) is 2. The maximum Gasteiger partial charge on any atom is 0.411 e. The number of aromatic nitrogens is 6.